The maximum atomic E-state index is 12.3. The molecule has 176 valence electrons. The van der Waals surface area contributed by atoms with E-state index < -0.39 is 6.09 Å². The molecule has 10 heteroatoms. The zero-order valence-electron chi connectivity index (χ0n) is 18.1. The van der Waals surface area contributed by atoms with E-state index in [4.69, 9.17) is 9.47 Å². The molecule has 1 aromatic carbocycles. The number of anilines is 1. The van der Waals surface area contributed by atoms with Gasteiger partial charge in [-0.15, -0.1) is 23.7 Å². The third-order valence-electron chi connectivity index (χ3n) is 5.10. The van der Waals surface area contributed by atoms with E-state index in [2.05, 4.69) is 15.3 Å². The van der Waals surface area contributed by atoms with Crippen molar-refractivity contribution in [1.82, 2.24) is 14.7 Å². The van der Waals surface area contributed by atoms with E-state index in [0.29, 0.717) is 18.8 Å². The summed E-state index contributed by atoms with van der Waals surface area (Å²) in [5.41, 5.74) is 2.05. The quantitative estimate of drug-likeness (QED) is 0.484. The minimum atomic E-state index is -0.487. The monoisotopic (exact) mass is 490 g/mol. The molecule has 0 spiro atoms. The molecule has 8 nitrogen and oxygen atoms in total. The molecule has 1 N–H and O–H groups in total. The zero-order valence-corrected chi connectivity index (χ0v) is 19.8. The largest absolute Gasteiger partial charge is 0.449 e. The molecule has 0 aliphatic carbocycles. The Morgan fingerprint density at radius 1 is 1.15 bits per heavy atom. The van der Waals surface area contributed by atoms with Crippen LogP contribution < -0.4 is 10.9 Å². The van der Waals surface area contributed by atoms with Crippen molar-refractivity contribution in [1.29, 1.82) is 0 Å². The molecule has 1 aliphatic rings. The Labute approximate surface area is 202 Å². The van der Waals surface area contributed by atoms with Crippen molar-refractivity contribution in [3.63, 3.8) is 0 Å². The number of hydrogen-bond acceptors (Lipinski definition) is 7. The summed E-state index contributed by atoms with van der Waals surface area (Å²) in [6, 6.07) is 14.5. The Hall–Kier alpha value is -2.72. The highest BCUT2D eigenvalue weighted by Gasteiger charge is 2.11. The first-order chi connectivity index (χ1) is 15.7. The normalized spacial score (nSPS) is 13.8. The lowest BCUT2D eigenvalue weighted by Gasteiger charge is -2.26. The van der Waals surface area contributed by atoms with Crippen LogP contribution in [0.3, 0.4) is 0 Å². The molecule has 3 aromatic rings. The van der Waals surface area contributed by atoms with Crippen LogP contribution in [-0.4, -0.2) is 60.2 Å². The number of carbonyl (C=O) groups is 1. The maximum Gasteiger partial charge on any atom is 0.411 e. The van der Waals surface area contributed by atoms with Crippen LogP contribution in [0.2, 0.25) is 0 Å². The smallest absolute Gasteiger partial charge is 0.411 e. The number of thiophene rings is 1. The second-order valence-corrected chi connectivity index (χ2v) is 8.41. The molecule has 0 unspecified atom stereocenters. The summed E-state index contributed by atoms with van der Waals surface area (Å²) in [5, 5.41) is 9.21. The van der Waals surface area contributed by atoms with Gasteiger partial charge >= 0.3 is 6.09 Å². The Kier molecular flexibility index (Phi) is 9.44. The van der Waals surface area contributed by atoms with Gasteiger partial charge in [0.25, 0.3) is 5.56 Å². The highest BCUT2D eigenvalue weighted by atomic mass is 35.5. The third kappa shape index (κ3) is 7.40. The number of halogens is 1. The van der Waals surface area contributed by atoms with Gasteiger partial charge in [-0.2, -0.15) is 5.10 Å². The molecular weight excluding hydrogens is 464 g/mol. The second-order valence-electron chi connectivity index (χ2n) is 7.46. The lowest BCUT2D eigenvalue weighted by atomic mass is 10.2. The Morgan fingerprint density at radius 2 is 2.00 bits per heavy atom. The minimum Gasteiger partial charge on any atom is -0.449 e. The van der Waals surface area contributed by atoms with Crippen LogP contribution >= 0.6 is 23.7 Å². The van der Waals surface area contributed by atoms with Gasteiger partial charge in [0.2, 0.25) is 0 Å². The van der Waals surface area contributed by atoms with E-state index in [1.165, 1.54) is 10.7 Å². The number of amides is 1. The first-order valence-corrected chi connectivity index (χ1v) is 11.5. The fourth-order valence-electron chi connectivity index (χ4n) is 3.47. The molecular formula is C23H27ClN4O4S. The maximum absolute atomic E-state index is 12.3. The summed E-state index contributed by atoms with van der Waals surface area (Å²) in [4.78, 5) is 27.7. The van der Waals surface area contributed by atoms with Gasteiger partial charge in [0, 0.05) is 31.4 Å². The molecule has 1 aliphatic heterocycles. The number of rotatable bonds is 8. The van der Waals surface area contributed by atoms with E-state index in [9.17, 15) is 9.59 Å². The van der Waals surface area contributed by atoms with Crippen molar-refractivity contribution in [2.75, 3.05) is 44.8 Å². The van der Waals surface area contributed by atoms with Crippen molar-refractivity contribution in [2.45, 2.75) is 13.0 Å². The predicted molar refractivity (Wildman–Crippen MR) is 131 cm³/mol. The van der Waals surface area contributed by atoms with Gasteiger partial charge < -0.3 is 9.47 Å². The summed E-state index contributed by atoms with van der Waals surface area (Å²) in [6.45, 7) is 4.92. The molecule has 1 fully saturated rings. The van der Waals surface area contributed by atoms with E-state index in [-0.39, 0.29) is 18.0 Å². The van der Waals surface area contributed by atoms with Crippen LogP contribution in [0.1, 0.15) is 12.0 Å². The van der Waals surface area contributed by atoms with E-state index in [0.717, 1.165) is 55.4 Å². The SMILES string of the molecule is Cl.O=C(Nc1cccc(Cn2nc(-c3cccs3)ccc2=O)c1)OCCCN1CCOCC1. The summed E-state index contributed by atoms with van der Waals surface area (Å²) in [5.74, 6) is 0. The summed E-state index contributed by atoms with van der Waals surface area (Å²) in [6.07, 6.45) is 0.293. The zero-order chi connectivity index (χ0) is 22.2. The van der Waals surface area contributed by atoms with E-state index in [1.54, 1.807) is 23.5 Å². The Bertz CT molecular complexity index is 1080. The van der Waals surface area contributed by atoms with Crippen LogP contribution in [0.5, 0.6) is 0 Å². The Morgan fingerprint density at radius 3 is 2.79 bits per heavy atom. The average Bonchev–Trinajstić information content (AvgIpc) is 3.34. The molecule has 1 saturated heterocycles. The van der Waals surface area contributed by atoms with Gasteiger partial charge in [-0.1, -0.05) is 18.2 Å². The van der Waals surface area contributed by atoms with Crippen LogP contribution in [-0.2, 0) is 16.0 Å². The Balaban J connectivity index is 0.00000306. The van der Waals surface area contributed by atoms with Gasteiger partial charge in [0.1, 0.15) is 5.69 Å². The number of ether oxygens (including phenoxy) is 2. The van der Waals surface area contributed by atoms with Gasteiger partial charge in [0.15, 0.2) is 0 Å². The fourth-order valence-corrected chi connectivity index (χ4v) is 4.16. The number of aromatic nitrogens is 2. The molecule has 33 heavy (non-hydrogen) atoms. The molecule has 0 atom stereocenters. The lowest BCUT2D eigenvalue weighted by Crippen LogP contribution is -2.37. The van der Waals surface area contributed by atoms with Crippen LogP contribution in [0.15, 0.2) is 58.7 Å². The first kappa shape index (κ1) is 24.9. The van der Waals surface area contributed by atoms with Gasteiger partial charge in [0.05, 0.1) is 31.2 Å². The first-order valence-electron chi connectivity index (χ1n) is 10.6. The molecule has 0 bridgehead atoms. The van der Waals surface area contributed by atoms with Crippen molar-refractivity contribution in [3.05, 3.63) is 69.8 Å². The van der Waals surface area contributed by atoms with Crippen molar-refractivity contribution < 1.29 is 14.3 Å². The number of hydrogen-bond donors (Lipinski definition) is 1. The number of benzene rings is 1. The third-order valence-corrected chi connectivity index (χ3v) is 5.99. The van der Waals surface area contributed by atoms with Crippen molar-refractivity contribution in [2.24, 2.45) is 0 Å². The summed E-state index contributed by atoms with van der Waals surface area (Å²) < 4.78 is 12.1. The topological polar surface area (TPSA) is 85.7 Å². The standard InChI is InChI=1S/C23H26N4O4S.ClH/c28-22-8-7-20(21-6-2-15-32-21)25-27(22)17-18-4-1-5-19(16-18)24-23(29)31-12-3-9-26-10-13-30-14-11-26;/h1-2,4-8,15-16H,3,9-14,17H2,(H,24,29);1H. The summed E-state index contributed by atoms with van der Waals surface area (Å²) in [7, 11) is 0. The van der Waals surface area contributed by atoms with Gasteiger partial charge in [-0.3, -0.25) is 15.0 Å². The predicted octanol–water partition coefficient (Wildman–Crippen LogP) is 3.71. The van der Waals surface area contributed by atoms with Gasteiger partial charge in [-0.25, -0.2) is 9.48 Å². The lowest BCUT2D eigenvalue weighted by molar-refractivity contribution is 0.0348. The number of nitrogens with zero attached hydrogens (tertiary/aromatic N) is 3. The molecule has 4 rings (SSSR count). The van der Waals surface area contributed by atoms with Crippen molar-refractivity contribution in [3.8, 4) is 10.6 Å². The average molecular weight is 491 g/mol. The minimum absolute atomic E-state index is 0. The molecule has 0 saturated carbocycles. The highest BCUT2D eigenvalue weighted by Crippen LogP contribution is 2.21. The molecule has 1 amide bonds. The number of morpholine rings is 1. The van der Waals surface area contributed by atoms with E-state index >= 15 is 0 Å². The number of nitrogens with one attached hydrogen (secondary N) is 1. The number of carbonyl (C=O) groups excluding carboxylic acids is 1. The second kappa shape index (κ2) is 12.5. The highest BCUT2D eigenvalue weighted by molar-refractivity contribution is 7.13. The fraction of sp³-hybridized carbons (Fsp3) is 0.348. The van der Waals surface area contributed by atoms with Crippen LogP contribution in [0.4, 0.5) is 10.5 Å². The van der Waals surface area contributed by atoms with E-state index in [1.807, 2.05) is 35.7 Å². The van der Waals surface area contributed by atoms with Crippen LogP contribution in [0.25, 0.3) is 10.6 Å². The molecule has 3 heterocycles. The van der Waals surface area contributed by atoms with Gasteiger partial charge in [-0.05, 0) is 41.6 Å². The van der Waals surface area contributed by atoms with Crippen LogP contribution in [0, 0.1) is 0 Å². The molecule has 2 aromatic heterocycles. The summed E-state index contributed by atoms with van der Waals surface area (Å²) >= 11 is 1.57. The van der Waals surface area contributed by atoms with Crippen molar-refractivity contribution >= 4 is 35.5 Å². The molecule has 0 radical (unpaired) electrons.